The van der Waals surface area contributed by atoms with E-state index in [1.54, 1.807) is 11.1 Å². The molecule has 0 unspecified atom stereocenters. The molecule has 1 aromatic rings. The third-order valence-electron chi connectivity index (χ3n) is 1.87. The van der Waals surface area contributed by atoms with Crippen molar-refractivity contribution in [2.75, 3.05) is 6.54 Å². The highest BCUT2D eigenvalue weighted by Crippen LogP contribution is 2.08. The first-order valence-corrected chi connectivity index (χ1v) is 4.56. The highest BCUT2D eigenvalue weighted by molar-refractivity contribution is 5.78. The van der Waals surface area contributed by atoms with Crippen LogP contribution in [0.3, 0.4) is 0 Å². The summed E-state index contributed by atoms with van der Waals surface area (Å²) in [5.41, 5.74) is 0. The number of nitrogens with one attached hydrogen (secondary N) is 1. The lowest BCUT2D eigenvalue weighted by Gasteiger charge is -2.05. The molecule has 6 heteroatoms. The average molecular weight is 207 g/mol. The summed E-state index contributed by atoms with van der Waals surface area (Å²) in [5.74, 6) is 0.736. The van der Waals surface area contributed by atoms with E-state index in [0.717, 1.165) is 13.0 Å². The molecular weight excluding hydrogens is 194 g/mol. The molecule has 0 saturated carbocycles. The Morgan fingerprint density at radius 2 is 2.27 bits per heavy atom. The molecule has 1 N–H and O–H groups in total. The van der Waals surface area contributed by atoms with Crippen molar-refractivity contribution in [2.24, 2.45) is 0 Å². The van der Waals surface area contributed by atoms with Crippen LogP contribution in [-0.2, 0) is 4.79 Å². The number of nitrogens with zero attached hydrogens (tertiary/aromatic N) is 4. The Bertz CT molecular complexity index is 332. The molecular formula is C9H13N5O. The number of H-pyrrole nitrogens is 1. The van der Waals surface area contributed by atoms with Gasteiger partial charge in [-0.2, -0.15) is 5.21 Å². The van der Waals surface area contributed by atoms with Crippen LogP contribution < -0.4 is 0 Å². The number of aromatic amines is 1. The van der Waals surface area contributed by atoms with Crippen LogP contribution >= 0.6 is 0 Å². The van der Waals surface area contributed by atoms with Crippen LogP contribution in [0.15, 0.2) is 19.4 Å². The monoisotopic (exact) mass is 207 g/mol. The number of rotatable bonds is 2. The Balaban J connectivity index is 0.000000151. The molecule has 1 fully saturated rings. The maximum absolute atomic E-state index is 10.7. The number of tetrazole rings is 1. The number of carbonyl (C=O) groups is 1. The first-order valence-electron chi connectivity index (χ1n) is 4.56. The van der Waals surface area contributed by atoms with Gasteiger partial charge in [-0.1, -0.05) is 13.2 Å². The van der Waals surface area contributed by atoms with E-state index in [0.29, 0.717) is 12.2 Å². The van der Waals surface area contributed by atoms with Crippen LogP contribution in [0.2, 0.25) is 0 Å². The highest BCUT2D eigenvalue weighted by Gasteiger charge is 2.15. The highest BCUT2D eigenvalue weighted by atomic mass is 16.2. The van der Waals surface area contributed by atoms with Crippen molar-refractivity contribution in [1.82, 2.24) is 25.5 Å². The average Bonchev–Trinajstić information content (AvgIpc) is 2.88. The van der Waals surface area contributed by atoms with E-state index in [1.165, 1.54) is 6.08 Å². The number of amides is 1. The van der Waals surface area contributed by atoms with Crippen molar-refractivity contribution in [3.05, 3.63) is 25.2 Å². The molecule has 1 aromatic heterocycles. The number of hydrogen-bond donors (Lipinski definition) is 1. The minimum atomic E-state index is 0.208. The molecule has 0 spiro atoms. The van der Waals surface area contributed by atoms with E-state index >= 15 is 0 Å². The Morgan fingerprint density at radius 3 is 2.53 bits per heavy atom. The van der Waals surface area contributed by atoms with Crippen LogP contribution in [0.1, 0.15) is 18.7 Å². The van der Waals surface area contributed by atoms with Gasteiger partial charge in [0, 0.05) is 13.0 Å². The first kappa shape index (κ1) is 11.1. The van der Waals surface area contributed by atoms with E-state index in [2.05, 4.69) is 33.8 Å². The molecule has 0 aliphatic carbocycles. The molecule has 2 heterocycles. The molecule has 80 valence electrons. The van der Waals surface area contributed by atoms with Gasteiger partial charge in [0.15, 0.2) is 5.82 Å². The number of carbonyl (C=O) groups excluding carboxylic acids is 1. The quantitative estimate of drug-likeness (QED) is 0.770. The van der Waals surface area contributed by atoms with Crippen LogP contribution in [0.25, 0.3) is 6.08 Å². The van der Waals surface area contributed by atoms with Crippen LogP contribution in [0, 0.1) is 0 Å². The Hall–Kier alpha value is -1.98. The third-order valence-corrected chi connectivity index (χ3v) is 1.87. The van der Waals surface area contributed by atoms with Gasteiger partial charge in [-0.15, -0.1) is 10.2 Å². The zero-order valence-electron chi connectivity index (χ0n) is 8.39. The second-order valence-electron chi connectivity index (χ2n) is 2.85. The molecule has 2 rings (SSSR count). The maximum atomic E-state index is 10.7. The minimum Gasteiger partial charge on any atom is -0.320 e. The molecule has 15 heavy (non-hydrogen) atoms. The largest absolute Gasteiger partial charge is 0.320 e. The number of likely N-dealkylation sites (tertiary alicyclic amines) is 1. The fraction of sp³-hybridized carbons (Fsp3) is 0.333. The van der Waals surface area contributed by atoms with Crippen molar-refractivity contribution < 1.29 is 4.79 Å². The van der Waals surface area contributed by atoms with E-state index < -0.39 is 0 Å². The fourth-order valence-electron chi connectivity index (χ4n) is 1.12. The van der Waals surface area contributed by atoms with E-state index in [4.69, 9.17) is 0 Å². The third kappa shape index (κ3) is 3.34. The molecule has 1 aliphatic rings. The van der Waals surface area contributed by atoms with Crippen molar-refractivity contribution in [2.45, 2.75) is 12.8 Å². The second kappa shape index (κ2) is 5.69. The van der Waals surface area contributed by atoms with Gasteiger partial charge >= 0.3 is 0 Å². The summed E-state index contributed by atoms with van der Waals surface area (Å²) in [5, 5.41) is 12.7. The van der Waals surface area contributed by atoms with Gasteiger partial charge in [0.2, 0.25) is 5.91 Å². The Kier molecular flexibility index (Phi) is 4.21. The van der Waals surface area contributed by atoms with Gasteiger partial charge < -0.3 is 4.90 Å². The minimum absolute atomic E-state index is 0.208. The lowest BCUT2D eigenvalue weighted by molar-refractivity contribution is -0.125. The summed E-state index contributed by atoms with van der Waals surface area (Å²) in [7, 11) is 0. The van der Waals surface area contributed by atoms with Gasteiger partial charge in [-0.3, -0.25) is 4.79 Å². The maximum Gasteiger partial charge on any atom is 0.226 e. The summed E-state index contributed by atoms with van der Waals surface area (Å²) in [4.78, 5) is 12.3. The molecule has 0 aromatic carbocycles. The van der Waals surface area contributed by atoms with Crippen LogP contribution in [0.4, 0.5) is 0 Å². The van der Waals surface area contributed by atoms with Crippen molar-refractivity contribution in [3.8, 4) is 0 Å². The van der Waals surface area contributed by atoms with Crippen molar-refractivity contribution in [1.29, 1.82) is 0 Å². The van der Waals surface area contributed by atoms with Gasteiger partial charge in [0.1, 0.15) is 0 Å². The summed E-state index contributed by atoms with van der Waals surface area (Å²) in [6, 6.07) is 0. The standard InChI is InChI=1S/C6H9NO.C3H4N4/c1-2-7-5-3-4-6(7)8;1-2-3-4-6-7-5-3/h2H,1,3-5H2;2H,1H2,(H,4,5,6,7). The molecule has 0 radical (unpaired) electrons. The van der Waals surface area contributed by atoms with E-state index in [9.17, 15) is 4.79 Å². The summed E-state index contributed by atoms with van der Waals surface area (Å²) >= 11 is 0. The normalized spacial score (nSPS) is 14.4. The Labute approximate surface area is 87.7 Å². The first-order chi connectivity index (χ1) is 7.27. The fourth-order valence-corrected chi connectivity index (χ4v) is 1.12. The van der Waals surface area contributed by atoms with Crippen LogP contribution in [0.5, 0.6) is 0 Å². The molecule has 6 nitrogen and oxygen atoms in total. The van der Waals surface area contributed by atoms with E-state index in [-0.39, 0.29) is 5.91 Å². The topological polar surface area (TPSA) is 74.8 Å². The lowest BCUT2D eigenvalue weighted by Crippen LogP contribution is -2.16. The zero-order valence-corrected chi connectivity index (χ0v) is 8.39. The smallest absolute Gasteiger partial charge is 0.226 e. The second-order valence-corrected chi connectivity index (χ2v) is 2.85. The van der Waals surface area contributed by atoms with Crippen molar-refractivity contribution in [3.63, 3.8) is 0 Å². The number of hydrogen-bond acceptors (Lipinski definition) is 4. The summed E-state index contributed by atoms with van der Waals surface area (Å²) in [6.45, 7) is 7.78. The van der Waals surface area contributed by atoms with Crippen molar-refractivity contribution >= 4 is 12.0 Å². The zero-order chi connectivity index (χ0) is 11.1. The summed E-state index contributed by atoms with van der Waals surface area (Å²) in [6.07, 6.45) is 4.80. The van der Waals surface area contributed by atoms with Gasteiger partial charge in [0.25, 0.3) is 0 Å². The lowest BCUT2D eigenvalue weighted by atomic mass is 10.4. The molecule has 1 aliphatic heterocycles. The van der Waals surface area contributed by atoms with Gasteiger partial charge in [0.05, 0.1) is 0 Å². The predicted octanol–water partition coefficient (Wildman–Crippen LogP) is 0.595. The molecule has 0 atom stereocenters. The van der Waals surface area contributed by atoms with Gasteiger partial charge in [-0.25, -0.2) is 0 Å². The Morgan fingerprint density at radius 1 is 1.47 bits per heavy atom. The molecule has 1 saturated heterocycles. The predicted molar refractivity (Wildman–Crippen MR) is 55.4 cm³/mol. The molecule has 1 amide bonds. The SMILES string of the molecule is C=CN1CCCC1=O.C=Cc1nn[nH]n1. The van der Waals surface area contributed by atoms with E-state index in [1.807, 2.05) is 0 Å². The summed E-state index contributed by atoms with van der Waals surface area (Å²) < 4.78 is 0. The van der Waals surface area contributed by atoms with Crippen LogP contribution in [-0.4, -0.2) is 38.0 Å². The van der Waals surface area contributed by atoms with Gasteiger partial charge in [-0.05, 0) is 23.9 Å². The number of aromatic nitrogens is 4. The molecule has 0 bridgehead atoms.